The SMILES string of the molecule is O=C1CCCc2cccc(Cl)c21. The summed E-state index contributed by atoms with van der Waals surface area (Å²) < 4.78 is 0. The Bertz CT molecular complexity index is 331. The lowest BCUT2D eigenvalue weighted by atomic mass is 9.91. The van der Waals surface area contributed by atoms with Gasteiger partial charge in [0, 0.05) is 12.0 Å². The largest absolute Gasteiger partial charge is 0.294 e. The number of rotatable bonds is 0. The molecule has 1 nitrogen and oxygen atoms in total. The Morgan fingerprint density at radius 2 is 2.08 bits per heavy atom. The lowest BCUT2D eigenvalue weighted by Gasteiger charge is -2.14. The number of hydrogen-bond acceptors (Lipinski definition) is 1. The minimum absolute atomic E-state index is 0.196. The summed E-state index contributed by atoms with van der Waals surface area (Å²) in [6, 6.07) is 5.67. The van der Waals surface area contributed by atoms with Crippen molar-refractivity contribution in [2.45, 2.75) is 19.3 Å². The standard InChI is InChI=1S/C10H9ClO/c11-8-5-1-3-7-4-2-6-9(12)10(7)8/h1,3,5H,2,4,6H2. The Labute approximate surface area is 76.4 Å². The minimum Gasteiger partial charge on any atom is -0.294 e. The Hall–Kier alpha value is -0.820. The molecule has 0 saturated carbocycles. The number of carbonyl (C=O) groups excluding carboxylic acids is 1. The number of ketones is 1. The van der Waals surface area contributed by atoms with E-state index in [-0.39, 0.29) is 5.78 Å². The smallest absolute Gasteiger partial charge is 0.164 e. The molecule has 0 spiro atoms. The van der Waals surface area contributed by atoms with Crippen LogP contribution in [0.3, 0.4) is 0 Å². The quantitative estimate of drug-likeness (QED) is 0.600. The van der Waals surface area contributed by atoms with Gasteiger partial charge in [0.1, 0.15) is 0 Å². The Morgan fingerprint density at radius 1 is 1.25 bits per heavy atom. The zero-order chi connectivity index (χ0) is 8.55. The van der Waals surface area contributed by atoms with E-state index in [0.29, 0.717) is 11.4 Å². The van der Waals surface area contributed by atoms with Crippen molar-refractivity contribution in [3.8, 4) is 0 Å². The summed E-state index contributed by atoms with van der Waals surface area (Å²) in [6.45, 7) is 0. The summed E-state index contributed by atoms with van der Waals surface area (Å²) >= 11 is 5.92. The van der Waals surface area contributed by atoms with Crippen LogP contribution in [0, 0.1) is 0 Å². The molecule has 0 aromatic heterocycles. The van der Waals surface area contributed by atoms with Crippen LogP contribution in [0.5, 0.6) is 0 Å². The highest BCUT2D eigenvalue weighted by Gasteiger charge is 2.18. The zero-order valence-electron chi connectivity index (χ0n) is 6.64. The molecular weight excluding hydrogens is 172 g/mol. The lowest BCUT2D eigenvalue weighted by molar-refractivity contribution is 0.0972. The van der Waals surface area contributed by atoms with E-state index in [9.17, 15) is 4.79 Å². The molecule has 0 saturated heterocycles. The van der Waals surface area contributed by atoms with Gasteiger partial charge in [0.2, 0.25) is 0 Å². The Balaban J connectivity index is 2.60. The summed E-state index contributed by atoms with van der Waals surface area (Å²) in [5.41, 5.74) is 1.86. The third-order valence-electron chi connectivity index (χ3n) is 2.23. The van der Waals surface area contributed by atoms with Gasteiger partial charge in [-0.1, -0.05) is 23.7 Å². The molecule has 0 aliphatic heterocycles. The van der Waals surface area contributed by atoms with Crippen molar-refractivity contribution < 1.29 is 4.79 Å². The van der Waals surface area contributed by atoms with Crippen molar-refractivity contribution >= 4 is 17.4 Å². The average molecular weight is 181 g/mol. The summed E-state index contributed by atoms with van der Waals surface area (Å²) in [5, 5.41) is 0.609. The third kappa shape index (κ3) is 1.14. The number of Topliss-reactive ketones (excluding diaryl/α,β-unsaturated/α-hetero) is 1. The first-order chi connectivity index (χ1) is 5.79. The van der Waals surface area contributed by atoms with Crippen LogP contribution >= 0.6 is 11.6 Å². The van der Waals surface area contributed by atoms with Crippen LogP contribution in [0.25, 0.3) is 0 Å². The molecule has 0 amide bonds. The van der Waals surface area contributed by atoms with Crippen LogP contribution in [0.1, 0.15) is 28.8 Å². The first-order valence-corrected chi connectivity index (χ1v) is 4.47. The van der Waals surface area contributed by atoms with Gasteiger partial charge in [-0.25, -0.2) is 0 Å². The van der Waals surface area contributed by atoms with Crippen LogP contribution in [-0.2, 0) is 6.42 Å². The normalized spacial score (nSPS) is 15.9. The molecule has 0 N–H and O–H groups in total. The van der Waals surface area contributed by atoms with Crippen LogP contribution in [-0.4, -0.2) is 5.78 Å². The van der Waals surface area contributed by atoms with Gasteiger partial charge in [0.25, 0.3) is 0 Å². The highest BCUT2D eigenvalue weighted by Crippen LogP contribution is 2.27. The molecule has 0 bridgehead atoms. The van der Waals surface area contributed by atoms with Crippen molar-refractivity contribution in [1.82, 2.24) is 0 Å². The van der Waals surface area contributed by atoms with E-state index in [2.05, 4.69) is 0 Å². The van der Waals surface area contributed by atoms with Crippen LogP contribution in [0.4, 0.5) is 0 Å². The molecule has 2 rings (SSSR count). The van der Waals surface area contributed by atoms with Crippen molar-refractivity contribution in [2.24, 2.45) is 0 Å². The number of aryl methyl sites for hydroxylation is 1. The average Bonchev–Trinajstić information content (AvgIpc) is 2.04. The predicted octanol–water partition coefficient (Wildman–Crippen LogP) is 2.86. The van der Waals surface area contributed by atoms with Gasteiger partial charge >= 0.3 is 0 Å². The van der Waals surface area contributed by atoms with Crippen molar-refractivity contribution in [3.05, 3.63) is 34.3 Å². The van der Waals surface area contributed by atoms with Crippen molar-refractivity contribution in [2.75, 3.05) is 0 Å². The van der Waals surface area contributed by atoms with Gasteiger partial charge in [-0.3, -0.25) is 4.79 Å². The van der Waals surface area contributed by atoms with E-state index in [0.717, 1.165) is 24.0 Å². The van der Waals surface area contributed by atoms with Crippen molar-refractivity contribution in [3.63, 3.8) is 0 Å². The van der Waals surface area contributed by atoms with Gasteiger partial charge in [0.05, 0.1) is 5.02 Å². The molecule has 2 heteroatoms. The van der Waals surface area contributed by atoms with E-state index in [1.165, 1.54) is 0 Å². The van der Waals surface area contributed by atoms with Gasteiger partial charge in [-0.05, 0) is 24.5 Å². The van der Waals surface area contributed by atoms with Gasteiger partial charge in [-0.15, -0.1) is 0 Å². The van der Waals surface area contributed by atoms with Crippen LogP contribution < -0.4 is 0 Å². The second kappa shape index (κ2) is 2.91. The molecule has 62 valence electrons. The van der Waals surface area contributed by atoms with E-state index in [1.807, 2.05) is 12.1 Å². The van der Waals surface area contributed by atoms with Crippen molar-refractivity contribution in [1.29, 1.82) is 0 Å². The molecule has 0 fully saturated rings. The third-order valence-corrected chi connectivity index (χ3v) is 2.54. The molecule has 1 aliphatic rings. The maximum absolute atomic E-state index is 11.4. The second-order valence-corrected chi connectivity index (χ2v) is 3.46. The van der Waals surface area contributed by atoms with E-state index in [1.54, 1.807) is 6.07 Å². The molecular formula is C10H9ClO. The molecule has 0 atom stereocenters. The molecule has 12 heavy (non-hydrogen) atoms. The number of benzene rings is 1. The number of hydrogen-bond donors (Lipinski definition) is 0. The predicted molar refractivity (Wildman–Crippen MR) is 48.7 cm³/mol. The maximum atomic E-state index is 11.4. The fourth-order valence-corrected chi connectivity index (χ4v) is 1.95. The topological polar surface area (TPSA) is 17.1 Å². The van der Waals surface area contributed by atoms with E-state index in [4.69, 9.17) is 11.6 Å². The summed E-state index contributed by atoms with van der Waals surface area (Å²) in [6.07, 6.45) is 2.60. The van der Waals surface area contributed by atoms with Crippen LogP contribution in [0.15, 0.2) is 18.2 Å². The lowest BCUT2D eigenvalue weighted by Crippen LogP contribution is -2.10. The van der Waals surface area contributed by atoms with Crippen LogP contribution in [0.2, 0.25) is 5.02 Å². The Kier molecular flexibility index (Phi) is 1.89. The summed E-state index contributed by atoms with van der Waals surface area (Å²) in [4.78, 5) is 11.4. The summed E-state index contributed by atoms with van der Waals surface area (Å²) in [7, 11) is 0. The highest BCUT2D eigenvalue weighted by atomic mass is 35.5. The first kappa shape index (κ1) is 7.81. The number of carbonyl (C=O) groups is 1. The van der Waals surface area contributed by atoms with Gasteiger partial charge in [-0.2, -0.15) is 0 Å². The zero-order valence-corrected chi connectivity index (χ0v) is 7.40. The Morgan fingerprint density at radius 3 is 2.83 bits per heavy atom. The fourth-order valence-electron chi connectivity index (χ4n) is 1.65. The first-order valence-electron chi connectivity index (χ1n) is 4.09. The fraction of sp³-hybridized carbons (Fsp3) is 0.300. The molecule has 1 aromatic carbocycles. The molecule has 0 radical (unpaired) electrons. The van der Waals surface area contributed by atoms with Gasteiger partial charge in [0.15, 0.2) is 5.78 Å². The minimum atomic E-state index is 0.196. The molecule has 0 unspecified atom stereocenters. The van der Waals surface area contributed by atoms with Gasteiger partial charge < -0.3 is 0 Å². The number of halogens is 1. The number of fused-ring (bicyclic) bond motifs is 1. The maximum Gasteiger partial charge on any atom is 0.164 e. The van der Waals surface area contributed by atoms with E-state index >= 15 is 0 Å². The highest BCUT2D eigenvalue weighted by molar-refractivity contribution is 6.34. The van der Waals surface area contributed by atoms with E-state index < -0.39 is 0 Å². The molecule has 1 aromatic rings. The monoisotopic (exact) mass is 180 g/mol. The molecule has 1 aliphatic carbocycles. The summed E-state index contributed by atoms with van der Waals surface area (Å²) in [5.74, 6) is 0.196. The second-order valence-electron chi connectivity index (χ2n) is 3.05. The molecule has 0 heterocycles.